The number of carbonyl (C=O) groups is 1. The van der Waals surface area contributed by atoms with Crippen LogP contribution in [0.3, 0.4) is 0 Å². The number of hydrogen-bond donors (Lipinski definition) is 2. The van der Waals surface area contributed by atoms with Gasteiger partial charge in [-0.3, -0.25) is 4.79 Å². The summed E-state index contributed by atoms with van der Waals surface area (Å²) in [6, 6.07) is 3.49. The molecule has 2 aromatic rings. The number of aryl methyl sites for hydroxylation is 1. The number of benzene rings is 1. The van der Waals surface area contributed by atoms with Gasteiger partial charge in [-0.1, -0.05) is 13.8 Å². The van der Waals surface area contributed by atoms with Crippen molar-refractivity contribution in [2.24, 2.45) is 5.92 Å². The summed E-state index contributed by atoms with van der Waals surface area (Å²) in [6.45, 7) is 5.81. The lowest BCUT2D eigenvalue weighted by atomic mass is 9.79. The van der Waals surface area contributed by atoms with Gasteiger partial charge in [0.25, 0.3) is 0 Å². The van der Waals surface area contributed by atoms with Crippen LogP contribution in [0.2, 0.25) is 0 Å². The van der Waals surface area contributed by atoms with Gasteiger partial charge in [-0.15, -0.1) is 0 Å². The molecule has 0 amide bonds. The molecule has 5 nitrogen and oxygen atoms in total. The number of H-pyrrole nitrogens is 1. The largest absolute Gasteiger partial charge is 0.481 e. The Bertz CT molecular complexity index is 879. The number of aromatic nitrogens is 1. The number of nitrogens with zero attached hydrogens (tertiary/aromatic N) is 1. The highest BCUT2D eigenvalue weighted by Crippen LogP contribution is 2.45. The van der Waals surface area contributed by atoms with Crippen molar-refractivity contribution >= 4 is 16.9 Å². The molecule has 1 unspecified atom stereocenters. The lowest BCUT2D eigenvalue weighted by Gasteiger charge is -2.39. The minimum absolute atomic E-state index is 0.129. The summed E-state index contributed by atoms with van der Waals surface area (Å²) < 4.78 is 20.4. The van der Waals surface area contributed by atoms with Crippen LogP contribution in [0.1, 0.15) is 42.7 Å². The van der Waals surface area contributed by atoms with Gasteiger partial charge < -0.3 is 14.8 Å². The normalized spacial score (nSPS) is 20.2. The van der Waals surface area contributed by atoms with Crippen molar-refractivity contribution in [3.63, 3.8) is 0 Å². The van der Waals surface area contributed by atoms with Crippen LogP contribution in [0, 0.1) is 30.0 Å². The molecular formula is C18H19FN2O3. The molecule has 1 aromatic heterocycles. The Morgan fingerprint density at radius 1 is 1.58 bits per heavy atom. The average molecular weight is 330 g/mol. The van der Waals surface area contributed by atoms with Gasteiger partial charge in [0.15, 0.2) is 0 Å². The fourth-order valence-corrected chi connectivity index (χ4v) is 3.71. The van der Waals surface area contributed by atoms with E-state index in [2.05, 4.69) is 11.1 Å². The molecule has 0 spiro atoms. The van der Waals surface area contributed by atoms with Crippen molar-refractivity contribution in [2.75, 3.05) is 6.61 Å². The molecule has 3 rings (SSSR count). The maximum atomic E-state index is 14.5. The van der Waals surface area contributed by atoms with E-state index in [4.69, 9.17) is 4.74 Å². The van der Waals surface area contributed by atoms with Crippen molar-refractivity contribution in [1.82, 2.24) is 4.98 Å². The minimum atomic E-state index is -1.05. The Kier molecular flexibility index (Phi) is 3.84. The Morgan fingerprint density at radius 2 is 2.29 bits per heavy atom. The summed E-state index contributed by atoms with van der Waals surface area (Å²) in [5, 5.41) is 19.4. The molecule has 0 saturated carbocycles. The third-order valence-corrected chi connectivity index (χ3v) is 4.92. The number of halogens is 1. The number of nitrogens with one attached hydrogen (secondary N) is 1. The zero-order valence-corrected chi connectivity index (χ0v) is 13.9. The summed E-state index contributed by atoms with van der Waals surface area (Å²) in [5.74, 6) is -1.55. The molecule has 1 aromatic carbocycles. The highest BCUT2D eigenvalue weighted by atomic mass is 19.1. The van der Waals surface area contributed by atoms with Gasteiger partial charge in [-0.2, -0.15) is 5.26 Å². The smallest absolute Gasteiger partial charge is 0.306 e. The molecule has 6 heteroatoms. The summed E-state index contributed by atoms with van der Waals surface area (Å²) in [5.41, 5.74) is 1.59. The van der Waals surface area contributed by atoms with E-state index in [1.807, 2.05) is 13.8 Å². The first-order valence-electron chi connectivity index (χ1n) is 7.91. The van der Waals surface area contributed by atoms with E-state index in [1.54, 1.807) is 6.92 Å². The Hall–Kier alpha value is -2.39. The maximum absolute atomic E-state index is 14.5. The standard InChI is InChI=1S/C18H19FN2O3/c1-9(2)18(7-14(22)23)17-11(4-5-24-18)15-12(8-20)10(3)6-13(19)16(15)21-17/h6,9,21H,4-5,7H2,1-3H3,(H,22,23). The molecule has 1 atom stereocenters. The monoisotopic (exact) mass is 330 g/mol. The highest BCUT2D eigenvalue weighted by molar-refractivity contribution is 5.92. The van der Waals surface area contributed by atoms with Gasteiger partial charge in [-0.25, -0.2) is 4.39 Å². The molecule has 2 heterocycles. The topological polar surface area (TPSA) is 86.1 Å². The van der Waals surface area contributed by atoms with Crippen molar-refractivity contribution in [3.05, 3.63) is 34.3 Å². The number of aliphatic carboxylic acids is 1. The zero-order valence-electron chi connectivity index (χ0n) is 13.9. The van der Waals surface area contributed by atoms with Gasteiger partial charge in [-0.05, 0) is 36.5 Å². The summed E-state index contributed by atoms with van der Waals surface area (Å²) in [4.78, 5) is 14.5. The van der Waals surface area contributed by atoms with Crippen LogP contribution in [-0.2, 0) is 21.6 Å². The zero-order chi connectivity index (χ0) is 17.6. The molecule has 0 radical (unpaired) electrons. The maximum Gasteiger partial charge on any atom is 0.306 e. The minimum Gasteiger partial charge on any atom is -0.481 e. The number of carboxylic acid groups (broad SMARTS) is 1. The SMILES string of the molecule is Cc1cc(F)c2[nH]c3c(c2c1C#N)CCOC3(CC(=O)O)C(C)C. The second-order valence-corrected chi connectivity index (χ2v) is 6.60. The number of rotatable bonds is 3. The third kappa shape index (κ3) is 2.20. The molecular weight excluding hydrogens is 311 g/mol. The van der Waals surface area contributed by atoms with Crippen LogP contribution in [-0.4, -0.2) is 22.7 Å². The second-order valence-electron chi connectivity index (χ2n) is 6.60. The number of hydrogen-bond acceptors (Lipinski definition) is 3. The Balaban J connectivity index is 2.39. The quantitative estimate of drug-likeness (QED) is 0.903. The summed E-state index contributed by atoms with van der Waals surface area (Å²) in [6.07, 6.45) is 0.300. The third-order valence-electron chi connectivity index (χ3n) is 4.92. The summed E-state index contributed by atoms with van der Waals surface area (Å²) in [7, 11) is 0. The molecule has 0 bridgehead atoms. The van der Waals surface area contributed by atoms with Gasteiger partial charge >= 0.3 is 5.97 Å². The fraction of sp³-hybridized carbons (Fsp3) is 0.444. The van der Waals surface area contributed by atoms with E-state index >= 15 is 0 Å². The van der Waals surface area contributed by atoms with Crippen molar-refractivity contribution in [1.29, 1.82) is 5.26 Å². The van der Waals surface area contributed by atoms with E-state index in [0.29, 0.717) is 35.2 Å². The molecule has 126 valence electrons. The molecule has 0 aliphatic carbocycles. The van der Waals surface area contributed by atoms with Gasteiger partial charge in [0.2, 0.25) is 0 Å². The predicted octanol–water partition coefficient (Wildman–Crippen LogP) is 3.39. The summed E-state index contributed by atoms with van der Waals surface area (Å²) >= 11 is 0. The van der Waals surface area contributed by atoms with Crippen LogP contribution in [0.25, 0.3) is 10.9 Å². The van der Waals surface area contributed by atoms with Crippen LogP contribution >= 0.6 is 0 Å². The van der Waals surface area contributed by atoms with E-state index in [-0.39, 0.29) is 17.9 Å². The first-order valence-corrected chi connectivity index (χ1v) is 7.91. The van der Waals surface area contributed by atoms with E-state index < -0.39 is 17.4 Å². The number of aromatic amines is 1. The fourth-order valence-electron chi connectivity index (χ4n) is 3.71. The van der Waals surface area contributed by atoms with E-state index in [0.717, 1.165) is 5.56 Å². The van der Waals surface area contributed by atoms with Crippen LogP contribution in [0.4, 0.5) is 4.39 Å². The van der Waals surface area contributed by atoms with Crippen molar-refractivity contribution in [3.8, 4) is 6.07 Å². The number of ether oxygens (including phenoxy) is 1. The Morgan fingerprint density at radius 3 is 2.88 bits per heavy atom. The van der Waals surface area contributed by atoms with Crippen LogP contribution in [0.15, 0.2) is 6.07 Å². The Labute approximate surface area is 139 Å². The molecule has 0 fully saturated rings. The van der Waals surface area contributed by atoms with Gasteiger partial charge in [0, 0.05) is 5.39 Å². The lowest BCUT2D eigenvalue weighted by Crippen LogP contribution is -2.42. The van der Waals surface area contributed by atoms with Crippen LogP contribution in [0.5, 0.6) is 0 Å². The van der Waals surface area contributed by atoms with Gasteiger partial charge in [0.05, 0.1) is 29.8 Å². The van der Waals surface area contributed by atoms with E-state index in [9.17, 15) is 19.6 Å². The number of carboxylic acids is 1. The van der Waals surface area contributed by atoms with Crippen molar-refractivity contribution in [2.45, 2.75) is 39.2 Å². The molecule has 2 N–H and O–H groups in total. The first kappa shape index (κ1) is 16.5. The van der Waals surface area contributed by atoms with Crippen LogP contribution < -0.4 is 0 Å². The first-order chi connectivity index (χ1) is 11.3. The molecule has 0 saturated heterocycles. The predicted molar refractivity (Wildman–Crippen MR) is 86.1 cm³/mol. The average Bonchev–Trinajstić information content (AvgIpc) is 2.88. The molecule has 1 aliphatic rings. The molecule has 24 heavy (non-hydrogen) atoms. The van der Waals surface area contributed by atoms with Crippen molar-refractivity contribution < 1.29 is 19.0 Å². The second kappa shape index (κ2) is 5.60. The van der Waals surface area contributed by atoms with E-state index in [1.165, 1.54) is 6.07 Å². The lowest BCUT2D eigenvalue weighted by molar-refractivity contribution is -0.154. The number of fused-ring (bicyclic) bond motifs is 3. The van der Waals surface area contributed by atoms with Gasteiger partial charge in [0.1, 0.15) is 17.5 Å². The number of nitriles is 1. The highest BCUT2D eigenvalue weighted by Gasteiger charge is 2.45. The molecule has 1 aliphatic heterocycles.